The van der Waals surface area contributed by atoms with Gasteiger partial charge in [-0.3, -0.25) is 34.0 Å². The van der Waals surface area contributed by atoms with Crippen LogP contribution in [0.3, 0.4) is 0 Å². The maximum Gasteiger partial charge on any atom is 0.404 e. The number of ether oxygens (including phenoxy) is 6. The van der Waals surface area contributed by atoms with E-state index in [1.807, 2.05) is 219 Å². The fourth-order valence-corrected chi connectivity index (χ4v) is 12.9. The molecule has 1 aromatic heterocycles. The molecule has 144 heavy (non-hydrogen) atoms. The number of urea groups is 1. The zero-order chi connectivity index (χ0) is 107. The normalized spacial score (nSPS) is 10.6. The number of aliphatic hydroxyl groups excluding tert-OH is 2. The predicted molar refractivity (Wildman–Crippen MR) is 587 cm³/mol. The van der Waals surface area contributed by atoms with Gasteiger partial charge in [-0.25, -0.2) is 9.59 Å². The number of hydrogen-bond acceptors (Lipinski definition) is 20. The molecule has 0 aliphatic carbocycles. The first-order chi connectivity index (χ1) is 68.5. The Kier molecular flexibility index (Phi) is 65.7. The highest BCUT2D eigenvalue weighted by Crippen LogP contribution is 2.21. The molecule has 29 heteroatoms. The Labute approximate surface area is 864 Å². The van der Waals surface area contributed by atoms with E-state index in [4.69, 9.17) is 91.5 Å². The molecule has 0 unspecified atom stereocenters. The van der Waals surface area contributed by atoms with Crippen LogP contribution in [-0.4, -0.2) is 185 Å². The zero-order valence-corrected chi connectivity index (χ0v) is 88.9. The third kappa shape index (κ3) is 66.0. The van der Waals surface area contributed by atoms with Gasteiger partial charge < -0.3 is 93.9 Å². The highest BCUT2D eigenvalue weighted by Gasteiger charge is 2.12. The lowest BCUT2D eigenvalue weighted by Gasteiger charge is -2.26. The van der Waals surface area contributed by atoms with E-state index < -0.39 is 18.0 Å². The summed E-state index contributed by atoms with van der Waals surface area (Å²) in [5, 5.41) is 27.5. The Morgan fingerprint density at radius 2 is 0.799 bits per heavy atom. The number of aliphatic hydroxyl groups is 2. The van der Waals surface area contributed by atoms with Crippen molar-refractivity contribution < 1.29 is 67.4 Å². The van der Waals surface area contributed by atoms with Crippen molar-refractivity contribution in [3.05, 3.63) is 383 Å². The summed E-state index contributed by atoms with van der Waals surface area (Å²) >= 11 is 11.3. The van der Waals surface area contributed by atoms with Crippen molar-refractivity contribution in [2.45, 2.75) is 137 Å². The molecule has 17 N–H and O–H groups in total. The molecule has 0 saturated carbocycles. The Morgan fingerprint density at radius 1 is 0.410 bits per heavy atom. The van der Waals surface area contributed by atoms with Gasteiger partial charge in [0.1, 0.15) is 42.8 Å². The molecule has 27 nitrogen and oxygen atoms in total. The zero-order valence-electron chi connectivity index (χ0n) is 87.3. The van der Waals surface area contributed by atoms with Gasteiger partial charge in [-0.1, -0.05) is 237 Å². The summed E-state index contributed by atoms with van der Waals surface area (Å²) in [6, 6.07) is 86.9. The number of hydrogen-bond donors (Lipinski definition) is 11. The van der Waals surface area contributed by atoms with Crippen molar-refractivity contribution in [2.75, 3.05) is 130 Å². The number of carbonyl (C=O) groups is 6. The first-order valence-corrected chi connectivity index (χ1v) is 48.2. The molecule has 7 amide bonds. The molecule has 2 heterocycles. The predicted octanol–water partition coefficient (Wildman–Crippen LogP) is 19.0. The minimum atomic E-state index is -0.780. The minimum absolute atomic E-state index is 0.0664. The van der Waals surface area contributed by atoms with Crippen molar-refractivity contribution >= 4 is 70.3 Å². The van der Waals surface area contributed by atoms with Crippen molar-refractivity contribution in [2.24, 2.45) is 34.4 Å². The van der Waals surface area contributed by atoms with E-state index in [1.54, 1.807) is 37.2 Å². The fraction of sp³-hybridized carbons (Fsp3) is 0.330. The Balaban J connectivity index is 0.000000533. The van der Waals surface area contributed by atoms with Crippen LogP contribution < -0.4 is 69.3 Å². The number of carbonyl (C=O) groups excluding carboxylic acids is 6. The molecule has 0 radical (unpaired) electrons. The smallest absolute Gasteiger partial charge is 0.404 e. The van der Waals surface area contributed by atoms with Crippen LogP contribution in [0.25, 0.3) is 0 Å². The van der Waals surface area contributed by atoms with Gasteiger partial charge in [0.25, 0.3) is 5.91 Å². The molecule has 13 rings (SSSR count). The van der Waals surface area contributed by atoms with E-state index in [0.29, 0.717) is 68.3 Å². The van der Waals surface area contributed by atoms with Crippen LogP contribution in [0.2, 0.25) is 10.0 Å². The SMILES string of the molecule is Cc1cc(C)nc(C)c1.Cc1cc(Cl)cc(Cl)c1.Cc1ccc(CN)cc1.Cc1ccc(NCC(=O)N(C)C)cc1.Cc1ccc(NCC(N)=O)cc1.Cc1ccc(OCC(N)=O)cc1.Cc1ccc(OCCC(N)=O)cc1.Cc1ccc(OCCNC(N)=O)cc1.Cc1ccc(OCCOC(N)=O)cc1.Cc1cccc(C)c1C.Cc1cccc(CN(CCO)CCO)c1.Cc1cccc(CN2CCOCC2)c1. The van der Waals surface area contributed by atoms with Gasteiger partial charge >= 0.3 is 12.1 Å². The van der Waals surface area contributed by atoms with E-state index >= 15 is 0 Å². The summed E-state index contributed by atoms with van der Waals surface area (Å²) in [7, 11) is 3.50. The van der Waals surface area contributed by atoms with Crippen LogP contribution in [0.4, 0.5) is 21.0 Å². The van der Waals surface area contributed by atoms with Crippen LogP contribution >= 0.6 is 23.2 Å². The largest absolute Gasteiger partial charge is 0.493 e. The lowest BCUT2D eigenvalue weighted by Crippen LogP contribution is -2.35. The van der Waals surface area contributed by atoms with Gasteiger partial charge in [-0.2, -0.15) is 0 Å². The van der Waals surface area contributed by atoms with Crippen LogP contribution in [-0.2, 0) is 48.3 Å². The molecule has 778 valence electrons. The lowest BCUT2D eigenvalue weighted by molar-refractivity contribution is -0.127. The van der Waals surface area contributed by atoms with E-state index in [0.717, 1.165) is 90.5 Å². The van der Waals surface area contributed by atoms with Crippen LogP contribution in [0.15, 0.2) is 267 Å². The Bertz CT molecular complexity index is 5290. The lowest BCUT2D eigenvalue weighted by atomic mass is 10.1. The number of nitrogens with two attached hydrogens (primary N) is 6. The monoisotopic (exact) mass is 2010 g/mol. The average Bonchev–Trinajstić information content (AvgIpc) is 0.891. The summed E-state index contributed by atoms with van der Waals surface area (Å²) in [6.07, 6.45) is -0.522. The van der Waals surface area contributed by atoms with Crippen molar-refractivity contribution in [1.29, 1.82) is 0 Å². The van der Waals surface area contributed by atoms with Crippen molar-refractivity contribution in [1.82, 2.24) is 25.0 Å². The summed E-state index contributed by atoms with van der Waals surface area (Å²) in [4.78, 5) is 73.2. The number of primary amides is 5. The molecule has 12 aromatic rings. The number of morpholine rings is 1. The second kappa shape index (κ2) is 75.0. The summed E-state index contributed by atoms with van der Waals surface area (Å²) in [6.45, 7) is 42.8. The average molecular weight is 2010 g/mol. The van der Waals surface area contributed by atoms with E-state index in [2.05, 4.69) is 176 Å². The maximum absolute atomic E-state index is 11.2. The Hall–Kier alpha value is -13.9. The molecule has 0 atom stereocenters. The molecule has 1 aliphatic rings. The van der Waals surface area contributed by atoms with Crippen molar-refractivity contribution in [3.8, 4) is 23.0 Å². The number of nitrogens with one attached hydrogen (secondary N) is 3. The van der Waals surface area contributed by atoms with Gasteiger partial charge in [0.05, 0.1) is 59.1 Å². The summed E-state index contributed by atoms with van der Waals surface area (Å²) < 4.78 is 30.8. The number of aryl methyl sites for hydroxylation is 15. The van der Waals surface area contributed by atoms with Crippen LogP contribution in [0.5, 0.6) is 23.0 Å². The fourth-order valence-electron chi connectivity index (χ4n) is 12.3. The molecule has 0 bridgehead atoms. The number of pyridine rings is 1. The molecule has 11 aromatic carbocycles. The number of amides is 7. The van der Waals surface area contributed by atoms with Gasteiger partial charge in [0.2, 0.25) is 17.7 Å². The number of aromatic nitrogens is 1. The molecule has 1 saturated heterocycles. The molecule has 0 spiro atoms. The van der Waals surface area contributed by atoms with E-state index in [9.17, 15) is 28.8 Å². The number of anilines is 2. The summed E-state index contributed by atoms with van der Waals surface area (Å²) in [5.74, 6) is 1.90. The van der Waals surface area contributed by atoms with Gasteiger partial charge in [-0.15, -0.1) is 0 Å². The first-order valence-electron chi connectivity index (χ1n) is 47.4. The van der Waals surface area contributed by atoms with Crippen LogP contribution in [0, 0.1) is 111 Å². The standard InChI is InChI=1S/C12H19NO2.C12H17NO.C11H16N2O.C10H14N2O2.C10H13NO3.C10H13NO2.C9H12N2O.C9H11NO2.C9H12.2C8H11N.C7H6Cl2/c1-11-3-2-4-12(9-11)10-13(5-7-14)6-8-15;1-11-3-2-4-12(9-11)10-13-5-7-14-8-6-13;1-9-4-6-10(7-5-9)12-8-11(14)13(2)3;1-8-2-4-9(5-3-8)14-7-6-12-10(11)13;1-8-2-4-9(5-3-8)13-6-7-14-10(11)12;1-8-2-4-9(5-3-8)13-7-6-10(11)12;1-7-2-4-8(5-3-7)11-6-9(10)12;1-7-2-4-8(5-3-7)12-6-9(10)11;1-7-5-4-6-8(2)9(7)3;1-6-4-7(2)9-8(3)5-6;1-7-2-4-8(6-9)5-3-7;1-5-2-6(8)4-7(9)3-5/h2-4,9,14-15H,5-8,10H2,1H3;2-4,9H,5-8,10H2,1H3;4-7,12H,8H2,1-3H3;2-5H,6-7H2,1H3,(H3,11,12,13);2-5H,6-7H2,1H3,(H2,11,12);2-5H,6-7H2,1H3,(H2,11,12);2-5,11H,6H2,1H3,(H2,10,12);2-5H,6H2,1H3,(H2,10,11);4-6H,1-3H3;4-5H,1-3H3;2-5H,6,9H2,1H3;2-4H,1H3. The highest BCUT2D eigenvalue weighted by atomic mass is 35.5. The molecular formula is C115H155Cl2N13O14. The summed E-state index contributed by atoms with van der Waals surface area (Å²) in [5.41, 5.74) is 55.4. The molecular weight excluding hydrogens is 1860 g/mol. The number of likely N-dealkylation sites (N-methyl/N-ethyl adjacent to an activating group) is 1. The Morgan fingerprint density at radius 3 is 1.17 bits per heavy atom. The number of benzene rings is 11. The number of nitrogens with zero attached hydrogens (tertiary/aromatic N) is 4. The van der Waals surface area contributed by atoms with Gasteiger partial charge in [0.15, 0.2) is 6.61 Å². The van der Waals surface area contributed by atoms with Crippen LogP contribution in [0.1, 0.15) is 112 Å². The topological polar surface area (TPSA) is 413 Å². The quantitative estimate of drug-likeness (QED) is 0.0186. The molecule has 1 aliphatic heterocycles. The molecule has 1 fully saturated rings. The second-order valence-corrected chi connectivity index (χ2v) is 35.0. The van der Waals surface area contributed by atoms with Crippen molar-refractivity contribution in [3.63, 3.8) is 0 Å². The van der Waals surface area contributed by atoms with Gasteiger partial charge in [0, 0.05) is 92.7 Å². The van der Waals surface area contributed by atoms with Gasteiger partial charge in [-0.05, 0) is 258 Å². The highest BCUT2D eigenvalue weighted by molar-refractivity contribution is 6.34. The van der Waals surface area contributed by atoms with E-state index in [-0.39, 0.29) is 57.1 Å². The number of halogens is 2. The third-order valence-corrected chi connectivity index (χ3v) is 20.7. The first kappa shape index (κ1) is 126. The second-order valence-electron chi connectivity index (χ2n) is 34.1. The maximum atomic E-state index is 11.2. The van der Waals surface area contributed by atoms with E-state index in [1.165, 1.54) is 83.5 Å². The number of rotatable bonds is 30. The minimum Gasteiger partial charge on any atom is -0.493 e. The third-order valence-electron chi connectivity index (χ3n) is 20.2.